The molecule has 2 unspecified atom stereocenters. The van der Waals surface area contributed by atoms with E-state index in [2.05, 4.69) is 4.74 Å². The minimum absolute atomic E-state index is 0.262. The van der Waals surface area contributed by atoms with E-state index in [-0.39, 0.29) is 11.9 Å². The lowest BCUT2D eigenvalue weighted by atomic mass is 10.0. The summed E-state index contributed by atoms with van der Waals surface area (Å²) in [6, 6.07) is 5.28. The summed E-state index contributed by atoms with van der Waals surface area (Å²) in [5, 5.41) is 0. The van der Waals surface area contributed by atoms with Gasteiger partial charge in [-0.2, -0.15) is 11.8 Å². The first-order chi connectivity index (χ1) is 8.97. The highest BCUT2D eigenvalue weighted by molar-refractivity contribution is 7.99. The highest BCUT2D eigenvalue weighted by Crippen LogP contribution is 2.32. The van der Waals surface area contributed by atoms with Crippen molar-refractivity contribution in [1.29, 1.82) is 0 Å². The van der Waals surface area contributed by atoms with E-state index in [0.717, 1.165) is 5.75 Å². The molecular weight excluding hydrogens is 279 g/mol. The van der Waals surface area contributed by atoms with E-state index in [0.29, 0.717) is 17.9 Å². The number of halogens is 3. The van der Waals surface area contributed by atoms with Gasteiger partial charge in [-0.3, -0.25) is 0 Å². The number of para-hydroxylation sites is 1. The normalized spacial score (nSPS) is 22.0. The Kier molecular flexibility index (Phi) is 4.59. The average molecular weight is 293 g/mol. The maximum atomic E-state index is 12.3. The largest absolute Gasteiger partial charge is 0.573 e. The standard InChI is InChI=1S/C12H14F3NO2S/c13-12(14,15)18-9-4-2-1-3-8(9)11(16)10-7-19-6-5-17-10/h1-4,10-11H,5-7,16H2. The van der Waals surface area contributed by atoms with Gasteiger partial charge in [-0.1, -0.05) is 18.2 Å². The van der Waals surface area contributed by atoms with Crippen LogP contribution >= 0.6 is 11.8 Å². The number of benzene rings is 1. The minimum Gasteiger partial charge on any atom is -0.405 e. The summed E-state index contributed by atoms with van der Waals surface area (Å²) in [7, 11) is 0. The lowest BCUT2D eigenvalue weighted by molar-refractivity contribution is -0.275. The highest BCUT2D eigenvalue weighted by Gasteiger charge is 2.34. The van der Waals surface area contributed by atoms with Gasteiger partial charge in [0.15, 0.2) is 0 Å². The van der Waals surface area contributed by atoms with Crippen LogP contribution in [0.2, 0.25) is 0 Å². The van der Waals surface area contributed by atoms with Gasteiger partial charge in [0.2, 0.25) is 0 Å². The molecule has 0 aromatic heterocycles. The number of hydrogen-bond donors (Lipinski definition) is 1. The van der Waals surface area contributed by atoms with Crippen molar-refractivity contribution in [3.63, 3.8) is 0 Å². The van der Waals surface area contributed by atoms with E-state index < -0.39 is 12.4 Å². The van der Waals surface area contributed by atoms with Crippen LogP contribution in [0.3, 0.4) is 0 Å². The Morgan fingerprint density at radius 3 is 2.74 bits per heavy atom. The molecule has 106 valence electrons. The lowest BCUT2D eigenvalue weighted by Crippen LogP contribution is -2.35. The number of alkyl halides is 3. The molecule has 3 nitrogen and oxygen atoms in total. The van der Waals surface area contributed by atoms with Gasteiger partial charge in [-0.25, -0.2) is 0 Å². The molecule has 0 bridgehead atoms. The van der Waals surface area contributed by atoms with Crippen LogP contribution < -0.4 is 10.5 Å². The number of nitrogens with two attached hydrogens (primary N) is 1. The number of thioether (sulfide) groups is 1. The third-order valence-corrected chi connectivity index (χ3v) is 3.77. The van der Waals surface area contributed by atoms with Crippen molar-refractivity contribution in [1.82, 2.24) is 0 Å². The van der Waals surface area contributed by atoms with Crippen LogP contribution in [0, 0.1) is 0 Å². The second-order valence-corrected chi connectivity index (χ2v) is 5.25. The molecule has 1 fully saturated rings. The predicted molar refractivity (Wildman–Crippen MR) is 67.1 cm³/mol. The Bertz CT molecular complexity index is 422. The quantitative estimate of drug-likeness (QED) is 0.930. The second-order valence-electron chi connectivity index (χ2n) is 4.10. The summed E-state index contributed by atoms with van der Waals surface area (Å²) < 4.78 is 46.5. The third kappa shape index (κ3) is 4.02. The molecule has 1 aliphatic rings. The molecule has 2 N–H and O–H groups in total. The van der Waals surface area contributed by atoms with Crippen molar-refractivity contribution in [2.75, 3.05) is 18.1 Å². The van der Waals surface area contributed by atoms with Gasteiger partial charge in [-0.15, -0.1) is 13.2 Å². The van der Waals surface area contributed by atoms with Gasteiger partial charge in [0.1, 0.15) is 5.75 Å². The average Bonchev–Trinajstić information content (AvgIpc) is 2.38. The first kappa shape index (κ1) is 14.5. The fraction of sp³-hybridized carbons (Fsp3) is 0.500. The molecule has 19 heavy (non-hydrogen) atoms. The van der Waals surface area contributed by atoms with Crippen molar-refractivity contribution in [2.45, 2.75) is 18.5 Å². The van der Waals surface area contributed by atoms with Crippen molar-refractivity contribution in [2.24, 2.45) is 5.73 Å². The molecule has 0 amide bonds. The van der Waals surface area contributed by atoms with Crippen molar-refractivity contribution < 1.29 is 22.6 Å². The van der Waals surface area contributed by atoms with Crippen LogP contribution in [-0.4, -0.2) is 30.6 Å². The minimum atomic E-state index is -4.72. The van der Waals surface area contributed by atoms with Gasteiger partial charge in [-0.05, 0) is 6.07 Å². The molecule has 0 spiro atoms. The van der Waals surface area contributed by atoms with E-state index in [1.54, 1.807) is 17.8 Å². The molecule has 2 atom stereocenters. The topological polar surface area (TPSA) is 44.5 Å². The van der Waals surface area contributed by atoms with Crippen molar-refractivity contribution >= 4 is 11.8 Å². The monoisotopic (exact) mass is 293 g/mol. The van der Waals surface area contributed by atoms with E-state index in [9.17, 15) is 13.2 Å². The number of hydrogen-bond acceptors (Lipinski definition) is 4. The Morgan fingerprint density at radius 2 is 2.11 bits per heavy atom. The molecule has 1 aromatic carbocycles. The van der Waals surface area contributed by atoms with Crippen LogP contribution in [0.5, 0.6) is 5.75 Å². The lowest BCUT2D eigenvalue weighted by Gasteiger charge is -2.28. The van der Waals surface area contributed by atoms with Crippen LogP contribution in [0.25, 0.3) is 0 Å². The van der Waals surface area contributed by atoms with Gasteiger partial charge >= 0.3 is 6.36 Å². The zero-order chi connectivity index (χ0) is 13.9. The third-order valence-electron chi connectivity index (χ3n) is 2.75. The molecule has 0 aliphatic carbocycles. The summed E-state index contributed by atoms with van der Waals surface area (Å²) in [6.07, 6.45) is -5.02. The van der Waals surface area contributed by atoms with Gasteiger partial charge in [0.05, 0.1) is 18.8 Å². The van der Waals surface area contributed by atoms with Gasteiger partial charge in [0.25, 0.3) is 0 Å². The van der Waals surface area contributed by atoms with Crippen molar-refractivity contribution in [3.8, 4) is 5.75 Å². The Morgan fingerprint density at radius 1 is 1.37 bits per heavy atom. The molecule has 0 radical (unpaired) electrons. The van der Waals surface area contributed by atoms with E-state index in [4.69, 9.17) is 10.5 Å². The summed E-state index contributed by atoms with van der Waals surface area (Å²) in [5.74, 6) is 1.28. The molecule has 0 saturated carbocycles. The van der Waals surface area contributed by atoms with Crippen LogP contribution in [0.1, 0.15) is 11.6 Å². The fourth-order valence-electron chi connectivity index (χ4n) is 1.89. The molecule has 1 aliphatic heterocycles. The van der Waals surface area contributed by atoms with Crippen LogP contribution in [0.15, 0.2) is 24.3 Å². The molecular formula is C12H14F3NO2S. The van der Waals surface area contributed by atoms with E-state index >= 15 is 0 Å². The van der Waals surface area contributed by atoms with E-state index in [1.165, 1.54) is 18.2 Å². The smallest absolute Gasteiger partial charge is 0.405 e. The zero-order valence-corrected chi connectivity index (χ0v) is 10.8. The summed E-state index contributed by atoms with van der Waals surface area (Å²) in [5.41, 5.74) is 6.32. The van der Waals surface area contributed by atoms with Crippen LogP contribution in [0.4, 0.5) is 13.2 Å². The molecule has 1 aromatic rings. The molecule has 1 saturated heterocycles. The highest BCUT2D eigenvalue weighted by atomic mass is 32.2. The van der Waals surface area contributed by atoms with Gasteiger partial charge < -0.3 is 15.2 Å². The Hall–Kier alpha value is -0.920. The first-order valence-electron chi connectivity index (χ1n) is 5.77. The summed E-state index contributed by atoms with van der Waals surface area (Å²) in [6.45, 7) is 0.561. The number of rotatable bonds is 3. The maximum Gasteiger partial charge on any atom is 0.573 e. The number of ether oxygens (including phenoxy) is 2. The maximum absolute atomic E-state index is 12.3. The second kappa shape index (κ2) is 6.02. The molecule has 2 rings (SSSR count). The SMILES string of the molecule is NC(c1ccccc1OC(F)(F)F)C1CSCCO1. The zero-order valence-electron chi connectivity index (χ0n) is 10.0. The molecule has 1 heterocycles. The summed E-state index contributed by atoms with van der Waals surface area (Å²) >= 11 is 1.68. The van der Waals surface area contributed by atoms with E-state index in [1.807, 2.05) is 0 Å². The Labute approximate surface area is 113 Å². The summed E-state index contributed by atoms with van der Waals surface area (Å²) in [4.78, 5) is 0. The van der Waals surface area contributed by atoms with Gasteiger partial charge in [0, 0.05) is 17.1 Å². The first-order valence-corrected chi connectivity index (χ1v) is 6.92. The predicted octanol–water partition coefficient (Wildman–Crippen LogP) is 2.72. The van der Waals surface area contributed by atoms with Crippen molar-refractivity contribution in [3.05, 3.63) is 29.8 Å². The Balaban J connectivity index is 2.18. The molecule has 7 heteroatoms. The van der Waals surface area contributed by atoms with Crippen LogP contribution in [-0.2, 0) is 4.74 Å². The fourth-order valence-corrected chi connectivity index (χ4v) is 2.80.